The summed E-state index contributed by atoms with van der Waals surface area (Å²) in [5.41, 5.74) is 3.53. The van der Waals surface area contributed by atoms with Crippen LogP contribution >= 0.6 is 0 Å². The van der Waals surface area contributed by atoms with Crippen molar-refractivity contribution >= 4 is 16.8 Å². The van der Waals surface area contributed by atoms with E-state index in [9.17, 15) is 9.59 Å². The summed E-state index contributed by atoms with van der Waals surface area (Å²) in [6, 6.07) is 16.9. The third-order valence-corrected chi connectivity index (χ3v) is 6.02. The van der Waals surface area contributed by atoms with E-state index in [-0.39, 0.29) is 17.5 Å². The summed E-state index contributed by atoms with van der Waals surface area (Å²) in [6.07, 6.45) is 5.54. The average molecular weight is 389 g/mol. The minimum Gasteiger partial charge on any atom is -0.351 e. The number of hydrogen-bond acceptors (Lipinski definition) is 2. The molecule has 29 heavy (non-hydrogen) atoms. The number of pyridine rings is 1. The van der Waals surface area contributed by atoms with Crippen molar-refractivity contribution in [1.82, 2.24) is 9.88 Å². The van der Waals surface area contributed by atoms with Crippen LogP contribution in [0.25, 0.3) is 10.9 Å². The molecule has 1 saturated carbocycles. The number of amides is 1. The van der Waals surface area contributed by atoms with Crippen LogP contribution in [0, 0.1) is 13.8 Å². The number of aromatic nitrogens is 1. The molecule has 4 rings (SSSR count). The summed E-state index contributed by atoms with van der Waals surface area (Å²) in [5, 5.41) is 4.23. The number of carbonyl (C=O) groups is 1. The Kier molecular flexibility index (Phi) is 5.52. The molecule has 1 aliphatic rings. The SMILES string of the molecule is Cc1ccc(C(C(=O)NC2CCCCC2)n2c(=O)cc(C)c3ccccc32)cc1. The van der Waals surface area contributed by atoms with Crippen molar-refractivity contribution < 1.29 is 4.79 Å². The van der Waals surface area contributed by atoms with Crippen LogP contribution in [-0.2, 0) is 4.79 Å². The summed E-state index contributed by atoms with van der Waals surface area (Å²) in [4.78, 5) is 26.6. The second-order valence-corrected chi connectivity index (χ2v) is 8.21. The number of carbonyl (C=O) groups excluding carboxylic acids is 1. The maximum absolute atomic E-state index is 13.5. The van der Waals surface area contributed by atoms with Gasteiger partial charge in [0.25, 0.3) is 5.56 Å². The first kappa shape index (κ1) is 19.4. The van der Waals surface area contributed by atoms with Crippen molar-refractivity contribution in [3.05, 3.63) is 81.6 Å². The molecule has 1 N–H and O–H groups in total. The lowest BCUT2D eigenvalue weighted by Crippen LogP contribution is -2.43. The van der Waals surface area contributed by atoms with Crippen LogP contribution in [0.4, 0.5) is 0 Å². The van der Waals surface area contributed by atoms with Gasteiger partial charge in [0.2, 0.25) is 5.91 Å². The van der Waals surface area contributed by atoms with E-state index in [2.05, 4.69) is 5.32 Å². The number of nitrogens with one attached hydrogen (secondary N) is 1. The third-order valence-electron chi connectivity index (χ3n) is 6.02. The van der Waals surface area contributed by atoms with E-state index in [4.69, 9.17) is 0 Å². The largest absolute Gasteiger partial charge is 0.351 e. The molecule has 0 radical (unpaired) electrons. The molecule has 1 aliphatic carbocycles. The lowest BCUT2D eigenvalue weighted by atomic mass is 9.94. The highest BCUT2D eigenvalue weighted by molar-refractivity contribution is 5.88. The monoisotopic (exact) mass is 388 g/mol. The van der Waals surface area contributed by atoms with Crippen LogP contribution in [0.3, 0.4) is 0 Å². The fourth-order valence-electron chi connectivity index (χ4n) is 4.43. The Morgan fingerprint density at radius 1 is 1.00 bits per heavy atom. The molecule has 0 spiro atoms. The van der Waals surface area contributed by atoms with Gasteiger partial charge < -0.3 is 5.32 Å². The molecular weight excluding hydrogens is 360 g/mol. The highest BCUT2D eigenvalue weighted by Crippen LogP contribution is 2.26. The van der Waals surface area contributed by atoms with Crippen LogP contribution in [-0.4, -0.2) is 16.5 Å². The molecule has 2 aromatic carbocycles. The van der Waals surface area contributed by atoms with Gasteiger partial charge in [-0.05, 0) is 43.9 Å². The van der Waals surface area contributed by atoms with Crippen LogP contribution in [0.15, 0.2) is 59.4 Å². The van der Waals surface area contributed by atoms with Crippen LogP contribution in [0.1, 0.15) is 54.8 Å². The molecule has 3 aromatic rings. The zero-order valence-electron chi connectivity index (χ0n) is 17.2. The van der Waals surface area contributed by atoms with Gasteiger partial charge in [-0.25, -0.2) is 0 Å². The molecule has 1 amide bonds. The predicted molar refractivity (Wildman–Crippen MR) is 117 cm³/mol. The van der Waals surface area contributed by atoms with Gasteiger partial charge in [0.15, 0.2) is 0 Å². The quantitative estimate of drug-likeness (QED) is 0.707. The second-order valence-electron chi connectivity index (χ2n) is 8.21. The van der Waals surface area contributed by atoms with E-state index in [1.54, 1.807) is 10.6 Å². The average Bonchev–Trinajstić information content (AvgIpc) is 2.72. The molecular formula is C25H28N2O2. The van der Waals surface area contributed by atoms with Gasteiger partial charge >= 0.3 is 0 Å². The second kappa shape index (κ2) is 8.24. The Labute approximate surface area is 171 Å². The summed E-state index contributed by atoms with van der Waals surface area (Å²) in [7, 11) is 0. The van der Waals surface area contributed by atoms with Crippen molar-refractivity contribution in [1.29, 1.82) is 0 Å². The molecule has 0 bridgehead atoms. The van der Waals surface area contributed by atoms with E-state index in [0.29, 0.717) is 0 Å². The maximum atomic E-state index is 13.5. The van der Waals surface area contributed by atoms with E-state index >= 15 is 0 Å². The summed E-state index contributed by atoms with van der Waals surface area (Å²) in [5.74, 6) is -0.100. The molecule has 0 saturated heterocycles. The Morgan fingerprint density at radius 2 is 1.69 bits per heavy atom. The van der Waals surface area contributed by atoms with E-state index in [0.717, 1.165) is 53.3 Å². The minimum atomic E-state index is -0.685. The molecule has 1 heterocycles. The Bertz CT molecular complexity index is 1080. The zero-order chi connectivity index (χ0) is 20.4. The first-order valence-corrected chi connectivity index (χ1v) is 10.5. The molecule has 1 aromatic heterocycles. The fourth-order valence-corrected chi connectivity index (χ4v) is 4.43. The molecule has 1 atom stereocenters. The predicted octanol–water partition coefficient (Wildman–Crippen LogP) is 4.66. The van der Waals surface area contributed by atoms with Crippen LogP contribution in [0.2, 0.25) is 0 Å². The van der Waals surface area contributed by atoms with Gasteiger partial charge in [-0.2, -0.15) is 0 Å². The van der Waals surface area contributed by atoms with Gasteiger partial charge in [0.1, 0.15) is 6.04 Å². The minimum absolute atomic E-state index is 0.100. The van der Waals surface area contributed by atoms with Crippen molar-refractivity contribution in [3.63, 3.8) is 0 Å². The van der Waals surface area contributed by atoms with Crippen molar-refractivity contribution in [2.24, 2.45) is 0 Å². The first-order chi connectivity index (χ1) is 14.0. The molecule has 1 fully saturated rings. The number of nitrogens with zero attached hydrogens (tertiary/aromatic N) is 1. The van der Waals surface area contributed by atoms with E-state index < -0.39 is 6.04 Å². The van der Waals surface area contributed by atoms with Gasteiger partial charge in [-0.3, -0.25) is 14.2 Å². The standard InChI is InChI=1S/C25H28N2O2/c1-17-12-14-19(15-13-17)24(25(29)26-20-8-4-3-5-9-20)27-22-11-7-6-10-21(22)18(2)16-23(27)28/h6-7,10-16,20,24H,3-5,8-9H2,1-2H3,(H,26,29). The first-order valence-electron chi connectivity index (χ1n) is 10.5. The Morgan fingerprint density at radius 3 is 2.41 bits per heavy atom. The summed E-state index contributed by atoms with van der Waals surface area (Å²) < 4.78 is 1.66. The number of aryl methyl sites for hydroxylation is 2. The van der Waals surface area contributed by atoms with Crippen molar-refractivity contribution in [3.8, 4) is 0 Å². The maximum Gasteiger partial charge on any atom is 0.252 e. The van der Waals surface area contributed by atoms with Gasteiger partial charge in [-0.15, -0.1) is 0 Å². The highest BCUT2D eigenvalue weighted by atomic mass is 16.2. The lowest BCUT2D eigenvalue weighted by Gasteiger charge is -2.27. The number of rotatable bonds is 4. The Hall–Kier alpha value is -2.88. The third kappa shape index (κ3) is 3.98. The molecule has 0 aliphatic heterocycles. The molecule has 150 valence electrons. The fraction of sp³-hybridized carbons (Fsp3) is 0.360. The van der Waals surface area contributed by atoms with Gasteiger partial charge in [0, 0.05) is 17.5 Å². The van der Waals surface area contributed by atoms with E-state index in [1.165, 1.54) is 6.42 Å². The number of hydrogen-bond donors (Lipinski definition) is 1. The summed E-state index contributed by atoms with van der Waals surface area (Å²) >= 11 is 0. The zero-order valence-corrected chi connectivity index (χ0v) is 17.2. The smallest absolute Gasteiger partial charge is 0.252 e. The van der Waals surface area contributed by atoms with Gasteiger partial charge in [0.05, 0.1) is 5.52 Å². The van der Waals surface area contributed by atoms with Crippen molar-refractivity contribution in [2.45, 2.75) is 58.0 Å². The van der Waals surface area contributed by atoms with Crippen LogP contribution < -0.4 is 10.9 Å². The molecule has 1 unspecified atom stereocenters. The molecule has 4 nitrogen and oxygen atoms in total. The molecule has 4 heteroatoms. The lowest BCUT2D eigenvalue weighted by molar-refractivity contribution is -0.124. The number of benzene rings is 2. The number of para-hydroxylation sites is 1. The van der Waals surface area contributed by atoms with Gasteiger partial charge in [-0.1, -0.05) is 67.3 Å². The highest BCUT2D eigenvalue weighted by Gasteiger charge is 2.28. The van der Waals surface area contributed by atoms with Crippen molar-refractivity contribution in [2.75, 3.05) is 0 Å². The Balaban J connectivity index is 1.85. The topological polar surface area (TPSA) is 51.1 Å². The normalized spacial score (nSPS) is 15.9. The summed E-state index contributed by atoms with van der Waals surface area (Å²) in [6.45, 7) is 3.96. The van der Waals surface area contributed by atoms with E-state index in [1.807, 2.05) is 62.4 Å². The number of fused-ring (bicyclic) bond motifs is 1. The van der Waals surface area contributed by atoms with Crippen LogP contribution in [0.5, 0.6) is 0 Å².